The number of ketones is 1. The van der Waals surface area contributed by atoms with Gasteiger partial charge in [0.25, 0.3) is 0 Å². The molecule has 2 heterocycles. The molecule has 0 radical (unpaired) electrons. The minimum Gasteiger partial charge on any atom is -0.294 e. The van der Waals surface area contributed by atoms with E-state index in [9.17, 15) is 18.0 Å². The lowest BCUT2D eigenvalue weighted by atomic mass is 10.1. The van der Waals surface area contributed by atoms with Crippen LogP contribution in [0.3, 0.4) is 0 Å². The van der Waals surface area contributed by atoms with Crippen LogP contribution in [0.1, 0.15) is 35.2 Å². The Labute approximate surface area is 136 Å². The van der Waals surface area contributed by atoms with Crippen molar-refractivity contribution < 1.29 is 18.0 Å². The molecule has 0 aliphatic rings. The Bertz CT molecular complexity index is 911. The number of aromatic nitrogens is 3. The molecule has 3 rings (SSSR count). The van der Waals surface area contributed by atoms with Gasteiger partial charge in [0.15, 0.2) is 11.4 Å². The van der Waals surface area contributed by atoms with E-state index in [0.717, 1.165) is 6.07 Å². The van der Waals surface area contributed by atoms with Crippen LogP contribution in [0, 0.1) is 6.92 Å². The number of pyridine rings is 1. The summed E-state index contributed by atoms with van der Waals surface area (Å²) in [7, 11) is 0. The van der Waals surface area contributed by atoms with E-state index in [-0.39, 0.29) is 11.4 Å². The maximum Gasteiger partial charge on any atom is 0.433 e. The first-order chi connectivity index (χ1) is 11.3. The average molecular weight is 333 g/mol. The van der Waals surface area contributed by atoms with E-state index in [2.05, 4.69) is 9.97 Å². The lowest BCUT2D eigenvalue weighted by Gasteiger charge is -2.09. The van der Waals surface area contributed by atoms with Gasteiger partial charge in [-0.25, -0.2) is 9.97 Å². The second kappa shape index (κ2) is 5.74. The average Bonchev–Trinajstić information content (AvgIpc) is 2.88. The van der Waals surface area contributed by atoms with E-state index in [4.69, 9.17) is 0 Å². The molecule has 4 nitrogen and oxygen atoms in total. The molecule has 0 fully saturated rings. The molecule has 24 heavy (non-hydrogen) atoms. The maximum absolute atomic E-state index is 12.9. The Hall–Kier alpha value is -2.70. The third kappa shape index (κ3) is 2.77. The highest BCUT2D eigenvalue weighted by Gasteiger charge is 2.33. The molecule has 0 aliphatic heterocycles. The van der Waals surface area contributed by atoms with Crippen molar-refractivity contribution in [2.75, 3.05) is 0 Å². The van der Waals surface area contributed by atoms with Crippen LogP contribution in [0.5, 0.6) is 0 Å². The summed E-state index contributed by atoms with van der Waals surface area (Å²) in [5, 5.41) is 0. The summed E-state index contributed by atoms with van der Waals surface area (Å²) in [6, 6.07) is 8.89. The van der Waals surface area contributed by atoms with Crippen LogP contribution in [-0.4, -0.2) is 20.3 Å². The Morgan fingerprint density at radius 3 is 2.33 bits per heavy atom. The number of hydrogen-bond donors (Lipinski definition) is 0. The van der Waals surface area contributed by atoms with E-state index in [1.54, 1.807) is 42.7 Å². The number of Topliss-reactive ketones (excluding diaryl/α,β-unsaturated/α-hetero) is 1. The van der Waals surface area contributed by atoms with Crippen molar-refractivity contribution in [1.29, 1.82) is 0 Å². The second-order valence-electron chi connectivity index (χ2n) is 5.36. The summed E-state index contributed by atoms with van der Waals surface area (Å²) in [5.74, 6) is 0.526. The normalized spacial score (nSPS) is 11.9. The monoisotopic (exact) mass is 333 g/mol. The number of carbonyl (C=O) groups excluding carboxylic acids is 1. The van der Waals surface area contributed by atoms with Crippen molar-refractivity contribution in [3.05, 3.63) is 53.5 Å². The summed E-state index contributed by atoms with van der Waals surface area (Å²) >= 11 is 0. The molecule has 2 aromatic heterocycles. The molecule has 0 spiro atoms. The van der Waals surface area contributed by atoms with Gasteiger partial charge in [0, 0.05) is 17.7 Å². The smallest absolute Gasteiger partial charge is 0.294 e. The van der Waals surface area contributed by atoms with Crippen molar-refractivity contribution in [1.82, 2.24) is 14.5 Å². The fraction of sp³-hybridized carbons (Fsp3) is 0.235. The predicted octanol–water partition coefficient (Wildman–Crippen LogP) is 4.34. The van der Waals surface area contributed by atoms with Gasteiger partial charge in [0.05, 0.1) is 0 Å². The zero-order chi connectivity index (χ0) is 17.5. The molecule has 0 unspecified atom stereocenters. The van der Waals surface area contributed by atoms with Gasteiger partial charge in [-0.3, -0.25) is 9.36 Å². The molecule has 0 atom stereocenters. The molecule has 7 heteroatoms. The summed E-state index contributed by atoms with van der Waals surface area (Å²) in [4.78, 5) is 19.7. The highest BCUT2D eigenvalue weighted by molar-refractivity contribution is 5.96. The Morgan fingerprint density at radius 1 is 1.08 bits per heavy atom. The molecule has 0 saturated carbocycles. The fourth-order valence-corrected chi connectivity index (χ4v) is 2.54. The molecule has 3 aromatic rings. The van der Waals surface area contributed by atoms with Gasteiger partial charge in [0.2, 0.25) is 0 Å². The zero-order valence-corrected chi connectivity index (χ0v) is 13.1. The molecule has 0 bridgehead atoms. The number of hydrogen-bond acceptors (Lipinski definition) is 3. The van der Waals surface area contributed by atoms with Crippen LogP contribution in [0.4, 0.5) is 13.2 Å². The van der Waals surface area contributed by atoms with Crippen molar-refractivity contribution in [3.8, 4) is 5.69 Å². The van der Waals surface area contributed by atoms with Crippen LogP contribution in [0.2, 0.25) is 0 Å². The zero-order valence-electron chi connectivity index (χ0n) is 13.1. The lowest BCUT2D eigenvalue weighted by Crippen LogP contribution is -2.09. The van der Waals surface area contributed by atoms with E-state index in [1.807, 2.05) is 0 Å². The van der Waals surface area contributed by atoms with Gasteiger partial charge in [0.1, 0.15) is 17.0 Å². The second-order valence-corrected chi connectivity index (χ2v) is 5.36. The Balaban J connectivity index is 2.14. The number of halogens is 3. The number of aryl methyl sites for hydroxylation is 1. The standard InChI is InChI=1S/C17H14F3N3O/c1-3-14(24)11-4-6-12(7-5-11)23-10(2)21-13-8-9-15(17(18,19)20)22-16(13)23/h4-9H,3H2,1-2H3. The molecule has 124 valence electrons. The van der Waals surface area contributed by atoms with Crippen LogP contribution >= 0.6 is 0 Å². The van der Waals surface area contributed by atoms with Crippen molar-refractivity contribution in [3.63, 3.8) is 0 Å². The van der Waals surface area contributed by atoms with Crippen LogP contribution in [0.25, 0.3) is 16.9 Å². The molecular formula is C17H14F3N3O. The minimum absolute atomic E-state index is 0.00578. The predicted molar refractivity (Wildman–Crippen MR) is 83.2 cm³/mol. The van der Waals surface area contributed by atoms with Crippen LogP contribution < -0.4 is 0 Å². The molecule has 0 saturated heterocycles. The van der Waals surface area contributed by atoms with Crippen molar-refractivity contribution in [2.45, 2.75) is 26.4 Å². The summed E-state index contributed by atoms with van der Waals surface area (Å²) in [6.07, 6.45) is -4.13. The number of imidazole rings is 1. The van der Waals surface area contributed by atoms with Gasteiger partial charge >= 0.3 is 6.18 Å². The highest BCUT2D eigenvalue weighted by atomic mass is 19.4. The first-order valence-corrected chi connectivity index (χ1v) is 7.38. The minimum atomic E-state index is -4.52. The maximum atomic E-state index is 12.9. The molecular weight excluding hydrogens is 319 g/mol. The van der Waals surface area contributed by atoms with Crippen molar-refractivity contribution in [2.24, 2.45) is 0 Å². The number of nitrogens with zero attached hydrogens (tertiary/aromatic N) is 3. The SMILES string of the molecule is CCC(=O)c1ccc(-n2c(C)nc3ccc(C(F)(F)F)nc32)cc1. The van der Waals surface area contributed by atoms with Gasteiger partial charge in [-0.1, -0.05) is 6.92 Å². The summed E-state index contributed by atoms with van der Waals surface area (Å²) in [5.41, 5.74) is 0.724. The molecule has 0 N–H and O–H groups in total. The topological polar surface area (TPSA) is 47.8 Å². The van der Waals surface area contributed by atoms with Gasteiger partial charge in [-0.05, 0) is 43.3 Å². The third-order valence-electron chi connectivity index (χ3n) is 3.73. The number of rotatable bonds is 3. The number of fused-ring (bicyclic) bond motifs is 1. The van der Waals surface area contributed by atoms with Gasteiger partial charge in [-0.15, -0.1) is 0 Å². The third-order valence-corrected chi connectivity index (χ3v) is 3.73. The van der Waals surface area contributed by atoms with E-state index < -0.39 is 11.9 Å². The fourth-order valence-electron chi connectivity index (χ4n) is 2.54. The van der Waals surface area contributed by atoms with Crippen LogP contribution in [0.15, 0.2) is 36.4 Å². The quantitative estimate of drug-likeness (QED) is 0.670. The summed E-state index contributed by atoms with van der Waals surface area (Å²) in [6.45, 7) is 3.46. The number of carbonyl (C=O) groups is 1. The van der Waals surface area contributed by atoms with Gasteiger partial charge in [-0.2, -0.15) is 13.2 Å². The molecule has 0 amide bonds. The van der Waals surface area contributed by atoms with Crippen molar-refractivity contribution >= 4 is 16.9 Å². The molecule has 1 aromatic carbocycles. The number of benzene rings is 1. The Kier molecular flexibility index (Phi) is 3.87. The Morgan fingerprint density at radius 2 is 1.75 bits per heavy atom. The van der Waals surface area contributed by atoms with E-state index >= 15 is 0 Å². The van der Waals surface area contributed by atoms with Crippen LogP contribution in [-0.2, 0) is 6.18 Å². The number of alkyl halides is 3. The summed E-state index contributed by atoms with van der Waals surface area (Å²) < 4.78 is 40.3. The van der Waals surface area contributed by atoms with Gasteiger partial charge < -0.3 is 0 Å². The molecule has 0 aliphatic carbocycles. The van der Waals surface area contributed by atoms with E-state index in [1.165, 1.54) is 6.07 Å². The largest absolute Gasteiger partial charge is 0.433 e. The lowest BCUT2D eigenvalue weighted by molar-refractivity contribution is -0.141. The first kappa shape index (κ1) is 16.2. The first-order valence-electron chi connectivity index (χ1n) is 7.38. The van der Waals surface area contributed by atoms with E-state index in [0.29, 0.717) is 29.0 Å². The highest BCUT2D eigenvalue weighted by Crippen LogP contribution is 2.30.